The Bertz CT molecular complexity index is 569. The molecule has 0 aromatic carbocycles. The van der Waals surface area contributed by atoms with Gasteiger partial charge in [-0.1, -0.05) is 11.8 Å². The number of primary sulfonamides is 1. The summed E-state index contributed by atoms with van der Waals surface area (Å²) in [7, 11) is -6.40. The van der Waals surface area contributed by atoms with E-state index in [0.29, 0.717) is 23.1 Å². The summed E-state index contributed by atoms with van der Waals surface area (Å²) in [5.41, 5.74) is 0. The number of alkyl halides is 1. The van der Waals surface area contributed by atoms with Gasteiger partial charge in [0.2, 0.25) is 10.0 Å². The standard InChI is InChI=1S/C5H9NO2S3.C3H8ClNO2S.CS2/c1-9-5-6-11(7,8)4-2-3-10-5;4-2-1-3-8(5,6)7;2-1-3/h2-4H2,1H3;1-3H2,(H2,5,6,7);. The first-order valence-electron chi connectivity index (χ1n) is 5.67. The maximum Gasteiger partial charge on any atom is 0.254 e. The summed E-state index contributed by atoms with van der Waals surface area (Å²) in [5, 5.41) is 4.64. The highest BCUT2D eigenvalue weighted by atomic mass is 35.5. The van der Waals surface area contributed by atoms with Gasteiger partial charge in [-0.3, -0.25) is 0 Å². The van der Waals surface area contributed by atoms with Crippen molar-refractivity contribution in [2.24, 2.45) is 9.54 Å². The molecule has 1 rings (SSSR count). The van der Waals surface area contributed by atoms with Gasteiger partial charge in [-0.25, -0.2) is 22.0 Å². The topological polar surface area (TPSA) is 107 Å². The van der Waals surface area contributed by atoms with Crippen LogP contribution in [-0.2, 0) is 20.0 Å². The molecule has 0 aromatic rings. The number of sulfonamides is 2. The number of thioether (sulfide) groups is 2. The van der Waals surface area contributed by atoms with E-state index < -0.39 is 20.0 Å². The molecule has 6 nitrogen and oxygen atoms in total. The van der Waals surface area contributed by atoms with Crippen molar-refractivity contribution in [1.29, 1.82) is 0 Å². The molecule has 0 saturated carbocycles. The summed E-state index contributed by atoms with van der Waals surface area (Å²) in [4.78, 5) is 0. The predicted molar refractivity (Wildman–Crippen MR) is 105 cm³/mol. The van der Waals surface area contributed by atoms with Crippen LogP contribution in [0.25, 0.3) is 0 Å². The first-order valence-corrected chi connectivity index (χ1v) is 12.6. The molecule has 1 aliphatic rings. The molecule has 2 N–H and O–H groups in total. The van der Waals surface area contributed by atoms with E-state index >= 15 is 0 Å². The third-order valence-electron chi connectivity index (χ3n) is 1.72. The Hall–Kier alpha value is 0.740. The van der Waals surface area contributed by atoms with Crippen molar-refractivity contribution in [1.82, 2.24) is 0 Å². The molecule has 0 unspecified atom stereocenters. The van der Waals surface area contributed by atoms with Gasteiger partial charge in [-0.05, 0) is 43.5 Å². The fourth-order valence-corrected chi connectivity index (χ4v) is 5.16. The van der Waals surface area contributed by atoms with Gasteiger partial charge in [-0.15, -0.1) is 27.8 Å². The van der Waals surface area contributed by atoms with E-state index in [1.54, 1.807) is 0 Å². The Morgan fingerprint density at radius 3 is 2.41 bits per heavy atom. The Kier molecular flexibility index (Phi) is 16.0. The van der Waals surface area contributed by atoms with Gasteiger partial charge in [0, 0.05) is 15.9 Å². The molecule has 1 aliphatic heterocycles. The van der Waals surface area contributed by atoms with Gasteiger partial charge in [0.15, 0.2) is 0 Å². The van der Waals surface area contributed by atoms with Crippen LogP contribution in [0.3, 0.4) is 0 Å². The average molecular weight is 445 g/mol. The molecule has 1 heterocycles. The van der Waals surface area contributed by atoms with E-state index in [2.05, 4.69) is 34.0 Å². The first-order chi connectivity index (χ1) is 10.1. The Morgan fingerprint density at radius 1 is 1.50 bits per heavy atom. The Balaban J connectivity index is 0. The summed E-state index contributed by atoms with van der Waals surface area (Å²) in [6.45, 7) is 0. The van der Waals surface area contributed by atoms with Crippen LogP contribution in [0, 0.1) is 0 Å². The quantitative estimate of drug-likeness (QED) is 0.520. The second-order valence-corrected chi connectivity index (χ2v) is 10.2. The maximum atomic E-state index is 11.0. The van der Waals surface area contributed by atoms with Crippen LogP contribution in [0.4, 0.5) is 0 Å². The van der Waals surface area contributed by atoms with Gasteiger partial charge < -0.3 is 0 Å². The predicted octanol–water partition coefficient (Wildman–Crippen LogP) is 2.09. The van der Waals surface area contributed by atoms with Crippen molar-refractivity contribution in [3.05, 3.63) is 0 Å². The fourth-order valence-electron chi connectivity index (χ4n) is 0.938. The van der Waals surface area contributed by atoms with Crippen LogP contribution >= 0.6 is 59.6 Å². The second-order valence-electron chi connectivity index (χ2n) is 3.54. The molecule has 0 amide bonds. The van der Waals surface area contributed by atoms with Gasteiger partial charge in [-0.2, -0.15) is 0 Å². The molecule has 22 heavy (non-hydrogen) atoms. The number of hydrogen-bond acceptors (Lipinski definition) is 8. The maximum absolute atomic E-state index is 11.0. The van der Waals surface area contributed by atoms with E-state index in [9.17, 15) is 16.8 Å². The molecule has 0 aromatic heterocycles. The summed E-state index contributed by atoms with van der Waals surface area (Å²) in [6, 6.07) is 0. The lowest BCUT2D eigenvalue weighted by molar-refractivity contribution is 0.595. The van der Waals surface area contributed by atoms with Crippen LogP contribution < -0.4 is 5.14 Å². The van der Waals surface area contributed by atoms with Crippen molar-refractivity contribution in [3.63, 3.8) is 0 Å². The van der Waals surface area contributed by atoms with Gasteiger partial charge in [0.1, 0.15) is 4.38 Å². The fraction of sp³-hybridized carbons (Fsp3) is 0.778. The molecule has 0 radical (unpaired) electrons. The average Bonchev–Trinajstić information content (AvgIpc) is 2.57. The zero-order valence-electron chi connectivity index (χ0n) is 11.7. The molecular formula is C9H17ClN2O4S6. The number of rotatable bonds is 3. The zero-order chi connectivity index (χ0) is 17.6. The van der Waals surface area contributed by atoms with Gasteiger partial charge >= 0.3 is 0 Å². The van der Waals surface area contributed by atoms with Crippen LogP contribution in [0.2, 0.25) is 0 Å². The smallest absolute Gasteiger partial charge is 0.229 e. The molecule has 0 fully saturated rings. The lowest BCUT2D eigenvalue weighted by atomic mass is 10.6. The zero-order valence-corrected chi connectivity index (χ0v) is 17.4. The second kappa shape index (κ2) is 14.1. The van der Waals surface area contributed by atoms with E-state index in [0.717, 1.165) is 5.75 Å². The minimum atomic E-state index is -3.27. The van der Waals surface area contributed by atoms with Crippen LogP contribution in [0.15, 0.2) is 4.40 Å². The number of halogens is 1. The third-order valence-corrected chi connectivity index (χ3v) is 6.47. The summed E-state index contributed by atoms with van der Waals surface area (Å²) < 4.78 is 48.5. The van der Waals surface area contributed by atoms with Crippen molar-refractivity contribution < 1.29 is 16.8 Å². The lowest BCUT2D eigenvalue weighted by Gasteiger charge is -1.94. The molecule has 130 valence electrons. The normalized spacial score (nSPS) is 16.6. The summed E-state index contributed by atoms with van der Waals surface area (Å²) >= 11 is 16.0. The SMILES string of the molecule is CSC1=NS(=O)(=O)CCCS1.NS(=O)(=O)CCCCl.S=C=S. The number of hydrogen-bond donors (Lipinski definition) is 1. The van der Waals surface area contributed by atoms with E-state index in [4.69, 9.17) is 11.6 Å². The molecule has 13 heteroatoms. The highest BCUT2D eigenvalue weighted by molar-refractivity contribution is 8.39. The highest BCUT2D eigenvalue weighted by Gasteiger charge is 2.14. The molecular weight excluding hydrogens is 428 g/mol. The number of nitrogens with two attached hydrogens (primary N) is 1. The van der Waals surface area contributed by atoms with Crippen molar-refractivity contribution in [3.8, 4) is 0 Å². The highest BCUT2D eigenvalue weighted by Crippen LogP contribution is 2.20. The third kappa shape index (κ3) is 18.8. The molecule has 0 aliphatic carbocycles. The van der Waals surface area contributed by atoms with Crippen molar-refractivity contribution in [2.75, 3.05) is 29.4 Å². The van der Waals surface area contributed by atoms with Crippen LogP contribution in [0.1, 0.15) is 12.8 Å². The molecule has 0 bridgehead atoms. The molecule has 0 atom stereocenters. The monoisotopic (exact) mass is 444 g/mol. The van der Waals surface area contributed by atoms with Gasteiger partial charge in [0.05, 0.1) is 11.5 Å². The van der Waals surface area contributed by atoms with Crippen LogP contribution in [-0.4, -0.2) is 54.9 Å². The van der Waals surface area contributed by atoms with Crippen molar-refractivity contribution in [2.45, 2.75) is 12.8 Å². The van der Waals surface area contributed by atoms with E-state index in [-0.39, 0.29) is 11.5 Å². The van der Waals surface area contributed by atoms with Crippen LogP contribution in [0.5, 0.6) is 0 Å². The largest absolute Gasteiger partial charge is 0.254 e. The summed E-state index contributed by atoms with van der Waals surface area (Å²) in [5.74, 6) is 1.38. The van der Waals surface area contributed by atoms with E-state index in [1.807, 2.05) is 10.6 Å². The minimum absolute atomic E-state index is 0.0174. The Morgan fingerprint density at radius 2 is 2.05 bits per heavy atom. The first kappa shape index (κ1) is 25.0. The molecule has 0 spiro atoms. The number of nitrogens with zero attached hydrogens (tertiary/aromatic N) is 1. The van der Waals surface area contributed by atoms with E-state index in [1.165, 1.54) is 23.5 Å². The van der Waals surface area contributed by atoms with Gasteiger partial charge in [0.25, 0.3) is 10.0 Å². The number of thiocarbonyl (C=S) groups is 2. The van der Waals surface area contributed by atoms with Crippen molar-refractivity contribution >= 4 is 88.3 Å². The summed E-state index contributed by atoms with van der Waals surface area (Å²) in [6.07, 6.45) is 2.98. The Labute approximate surface area is 156 Å². The lowest BCUT2D eigenvalue weighted by Crippen LogP contribution is -2.16. The minimum Gasteiger partial charge on any atom is -0.229 e. The molecule has 0 saturated heterocycles.